The highest BCUT2D eigenvalue weighted by Gasteiger charge is 2.22. The van der Waals surface area contributed by atoms with Crippen molar-refractivity contribution in [3.8, 4) is 5.75 Å². The molecule has 0 bridgehead atoms. The fourth-order valence-electron chi connectivity index (χ4n) is 1.79. The van der Waals surface area contributed by atoms with E-state index in [9.17, 15) is 0 Å². The molecule has 0 spiro atoms. The molecule has 1 atom stereocenters. The number of ether oxygens (including phenoxy) is 1. The van der Waals surface area contributed by atoms with Crippen LogP contribution in [0.3, 0.4) is 0 Å². The summed E-state index contributed by atoms with van der Waals surface area (Å²) in [6, 6.07) is 8.33. The summed E-state index contributed by atoms with van der Waals surface area (Å²) >= 11 is 0. The van der Waals surface area contributed by atoms with Crippen molar-refractivity contribution < 1.29 is 4.74 Å². The SMILES string of the molecule is CNCCC1COc2ccccc21. The molecule has 0 saturated carbocycles. The highest BCUT2D eigenvalue weighted by Crippen LogP contribution is 2.34. The Balaban J connectivity index is 2.09. The van der Waals surface area contributed by atoms with Crippen LogP contribution in [-0.2, 0) is 0 Å². The highest BCUT2D eigenvalue weighted by molar-refractivity contribution is 5.39. The zero-order valence-electron chi connectivity index (χ0n) is 7.92. The molecular formula is C11H15NO. The van der Waals surface area contributed by atoms with Crippen LogP contribution in [0.15, 0.2) is 24.3 Å². The summed E-state index contributed by atoms with van der Waals surface area (Å²) in [6.45, 7) is 1.91. The lowest BCUT2D eigenvalue weighted by Crippen LogP contribution is -2.12. The maximum Gasteiger partial charge on any atom is 0.122 e. The van der Waals surface area contributed by atoms with Crippen molar-refractivity contribution in [1.82, 2.24) is 5.32 Å². The summed E-state index contributed by atoms with van der Waals surface area (Å²) in [5.74, 6) is 1.66. The van der Waals surface area contributed by atoms with Crippen LogP contribution >= 0.6 is 0 Å². The highest BCUT2D eigenvalue weighted by atomic mass is 16.5. The number of para-hydroxylation sites is 1. The van der Waals surface area contributed by atoms with Crippen molar-refractivity contribution in [3.05, 3.63) is 29.8 Å². The van der Waals surface area contributed by atoms with Crippen LogP contribution in [0.4, 0.5) is 0 Å². The zero-order chi connectivity index (χ0) is 9.10. The van der Waals surface area contributed by atoms with Gasteiger partial charge in [-0.2, -0.15) is 0 Å². The van der Waals surface area contributed by atoms with Gasteiger partial charge in [0.1, 0.15) is 5.75 Å². The Bertz CT molecular complexity index is 285. The van der Waals surface area contributed by atoms with Crippen LogP contribution in [-0.4, -0.2) is 20.2 Å². The minimum absolute atomic E-state index is 0.587. The van der Waals surface area contributed by atoms with E-state index >= 15 is 0 Å². The molecule has 1 unspecified atom stereocenters. The smallest absolute Gasteiger partial charge is 0.122 e. The molecule has 70 valence electrons. The summed E-state index contributed by atoms with van der Waals surface area (Å²) < 4.78 is 5.58. The lowest BCUT2D eigenvalue weighted by Gasteiger charge is -2.06. The number of rotatable bonds is 3. The van der Waals surface area contributed by atoms with Gasteiger partial charge < -0.3 is 10.1 Å². The minimum Gasteiger partial charge on any atom is -0.493 e. The average Bonchev–Trinajstić information content (AvgIpc) is 2.58. The fraction of sp³-hybridized carbons (Fsp3) is 0.455. The van der Waals surface area contributed by atoms with Gasteiger partial charge in [0, 0.05) is 11.5 Å². The van der Waals surface area contributed by atoms with E-state index in [1.165, 1.54) is 5.56 Å². The third-order valence-corrected chi connectivity index (χ3v) is 2.54. The molecule has 0 fully saturated rings. The average molecular weight is 177 g/mol. The van der Waals surface area contributed by atoms with Crippen molar-refractivity contribution >= 4 is 0 Å². The number of nitrogens with one attached hydrogen (secondary N) is 1. The Kier molecular flexibility index (Phi) is 2.50. The minimum atomic E-state index is 0.587. The number of hydrogen-bond donors (Lipinski definition) is 1. The van der Waals surface area contributed by atoms with Crippen LogP contribution < -0.4 is 10.1 Å². The van der Waals surface area contributed by atoms with Gasteiger partial charge >= 0.3 is 0 Å². The van der Waals surface area contributed by atoms with Crippen molar-refractivity contribution in [2.45, 2.75) is 12.3 Å². The standard InChI is InChI=1S/C11H15NO/c1-12-7-6-9-8-13-11-5-3-2-4-10(9)11/h2-5,9,12H,6-8H2,1H3. The molecule has 13 heavy (non-hydrogen) atoms. The normalized spacial score (nSPS) is 19.6. The summed E-state index contributed by atoms with van der Waals surface area (Å²) in [5, 5.41) is 3.17. The van der Waals surface area contributed by atoms with Gasteiger partial charge in [0.25, 0.3) is 0 Å². The maximum atomic E-state index is 5.58. The number of benzene rings is 1. The van der Waals surface area contributed by atoms with Crippen molar-refractivity contribution in [2.75, 3.05) is 20.2 Å². The van der Waals surface area contributed by atoms with Crippen LogP contribution in [0.2, 0.25) is 0 Å². The van der Waals surface area contributed by atoms with Gasteiger partial charge in [-0.15, -0.1) is 0 Å². The summed E-state index contributed by atoms with van der Waals surface area (Å²) in [5.41, 5.74) is 1.37. The van der Waals surface area contributed by atoms with E-state index in [0.717, 1.165) is 25.3 Å². The Labute approximate surface area is 78.9 Å². The van der Waals surface area contributed by atoms with Gasteiger partial charge in [-0.3, -0.25) is 0 Å². The third-order valence-electron chi connectivity index (χ3n) is 2.54. The maximum absolute atomic E-state index is 5.58. The van der Waals surface area contributed by atoms with Crippen molar-refractivity contribution in [1.29, 1.82) is 0 Å². The zero-order valence-corrected chi connectivity index (χ0v) is 7.92. The molecule has 0 amide bonds. The van der Waals surface area contributed by atoms with Crippen molar-refractivity contribution in [3.63, 3.8) is 0 Å². The van der Waals surface area contributed by atoms with Crippen LogP contribution in [0, 0.1) is 0 Å². The lowest BCUT2D eigenvalue weighted by molar-refractivity contribution is 0.324. The molecular weight excluding hydrogens is 162 g/mol. The second-order valence-electron chi connectivity index (χ2n) is 3.44. The summed E-state index contributed by atoms with van der Waals surface area (Å²) in [4.78, 5) is 0. The Morgan fingerprint density at radius 1 is 1.46 bits per heavy atom. The van der Waals surface area contributed by atoms with E-state index in [4.69, 9.17) is 4.74 Å². The number of fused-ring (bicyclic) bond motifs is 1. The first kappa shape index (κ1) is 8.57. The van der Waals surface area contributed by atoms with E-state index in [0.29, 0.717) is 5.92 Å². The molecule has 2 nitrogen and oxygen atoms in total. The molecule has 0 saturated heterocycles. The summed E-state index contributed by atoms with van der Waals surface area (Å²) in [6.07, 6.45) is 1.16. The van der Waals surface area contributed by atoms with Crippen molar-refractivity contribution in [2.24, 2.45) is 0 Å². The second-order valence-corrected chi connectivity index (χ2v) is 3.44. The third kappa shape index (κ3) is 1.68. The van der Waals surface area contributed by atoms with Gasteiger partial charge in [0.15, 0.2) is 0 Å². The molecule has 0 aliphatic carbocycles. The van der Waals surface area contributed by atoms with Gasteiger partial charge in [-0.1, -0.05) is 18.2 Å². The fourth-order valence-corrected chi connectivity index (χ4v) is 1.79. The molecule has 0 aromatic heterocycles. The molecule has 2 heteroatoms. The quantitative estimate of drug-likeness (QED) is 0.759. The molecule has 1 aliphatic heterocycles. The van der Waals surface area contributed by atoms with E-state index in [1.54, 1.807) is 0 Å². The second kappa shape index (κ2) is 3.79. The van der Waals surface area contributed by atoms with Gasteiger partial charge in [0.2, 0.25) is 0 Å². The van der Waals surface area contributed by atoms with Gasteiger partial charge in [-0.05, 0) is 26.1 Å². The van der Waals surface area contributed by atoms with E-state index in [2.05, 4.69) is 23.5 Å². The summed E-state index contributed by atoms with van der Waals surface area (Å²) in [7, 11) is 1.99. The van der Waals surface area contributed by atoms with Crippen LogP contribution in [0.5, 0.6) is 5.75 Å². The topological polar surface area (TPSA) is 21.3 Å². The Morgan fingerprint density at radius 3 is 3.15 bits per heavy atom. The predicted octanol–water partition coefficient (Wildman–Crippen LogP) is 1.77. The number of hydrogen-bond acceptors (Lipinski definition) is 2. The Hall–Kier alpha value is -1.02. The van der Waals surface area contributed by atoms with E-state index in [1.807, 2.05) is 13.1 Å². The first-order valence-electron chi connectivity index (χ1n) is 4.78. The first-order valence-corrected chi connectivity index (χ1v) is 4.78. The predicted molar refractivity (Wildman–Crippen MR) is 53.2 cm³/mol. The lowest BCUT2D eigenvalue weighted by atomic mass is 9.98. The van der Waals surface area contributed by atoms with Gasteiger partial charge in [-0.25, -0.2) is 0 Å². The molecule has 1 aromatic rings. The first-order chi connectivity index (χ1) is 6.42. The molecule has 1 aliphatic rings. The molecule has 1 aromatic carbocycles. The van der Waals surface area contributed by atoms with Crippen LogP contribution in [0.25, 0.3) is 0 Å². The van der Waals surface area contributed by atoms with E-state index in [-0.39, 0.29) is 0 Å². The largest absolute Gasteiger partial charge is 0.493 e. The van der Waals surface area contributed by atoms with Crippen LogP contribution in [0.1, 0.15) is 17.9 Å². The molecule has 1 heterocycles. The van der Waals surface area contributed by atoms with Gasteiger partial charge in [0.05, 0.1) is 6.61 Å². The van der Waals surface area contributed by atoms with E-state index < -0.39 is 0 Å². The molecule has 1 N–H and O–H groups in total. The Morgan fingerprint density at radius 2 is 2.31 bits per heavy atom. The molecule has 2 rings (SSSR count). The monoisotopic (exact) mass is 177 g/mol. The molecule has 0 radical (unpaired) electrons.